The molecule has 1 aliphatic heterocycles. The maximum absolute atomic E-state index is 14.4. The van der Waals surface area contributed by atoms with Crippen LogP contribution in [0.5, 0.6) is 0 Å². The summed E-state index contributed by atoms with van der Waals surface area (Å²) in [6.45, 7) is 7.52. The minimum Gasteiger partial charge on any atom is -0.341 e. The van der Waals surface area contributed by atoms with Crippen molar-refractivity contribution in [1.29, 1.82) is 5.26 Å². The average molecular weight is 689 g/mol. The van der Waals surface area contributed by atoms with E-state index in [1.165, 1.54) is 5.56 Å². The first-order valence-electron chi connectivity index (χ1n) is 16.4. The molecule has 1 amide bonds. The molecule has 1 aliphatic rings. The number of fused-ring (bicyclic) bond motifs is 1. The number of likely N-dealkylation sites (tertiary alicyclic amines) is 1. The Morgan fingerprint density at radius 2 is 1.72 bits per heavy atom. The summed E-state index contributed by atoms with van der Waals surface area (Å²) in [7, 11) is 0.856. The number of piperidine rings is 1. The first-order chi connectivity index (χ1) is 22.6. The zero-order valence-electron chi connectivity index (χ0n) is 27.6. The minimum absolute atomic E-state index is 0.0265. The van der Waals surface area contributed by atoms with E-state index in [2.05, 4.69) is 30.9 Å². The van der Waals surface area contributed by atoms with Crippen molar-refractivity contribution in [2.24, 2.45) is 5.92 Å². The SMILES string of the molecule is CC(C)Cc1c(C#N)cc2ccccc2c1C(=O)N(C)C[C@@H](CCN1CCC(c2ccccc2[S@](C)=O)CC1)c1ccc(Cl)c(Cl)c1. The van der Waals surface area contributed by atoms with E-state index in [4.69, 9.17) is 23.2 Å². The Morgan fingerprint density at radius 3 is 2.40 bits per heavy atom. The summed E-state index contributed by atoms with van der Waals surface area (Å²) in [4.78, 5) is 19.7. The number of likely N-dealkylation sites (N-methyl/N-ethyl adjacent to an activating group) is 1. The molecule has 8 heteroatoms. The summed E-state index contributed by atoms with van der Waals surface area (Å²) >= 11 is 12.8. The third-order valence-corrected chi connectivity index (χ3v) is 11.1. The summed E-state index contributed by atoms with van der Waals surface area (Å²) < 4.78 is 12.4. The second-order valence-electron chi connectivity index (χ2n) is 13.2. The Hall–Kier alpha value is -3.21. The van der Waals surface area contributed by atoms with Crippen molar-refractivity contribution in [3.05, 3.63) is 111 Å². The number of carbonyl (C=O) groups is 1. The van der Waals surface area contributed by atoms with Crippen LogP contribution >= 0.6 is 23.2 Å². The highest BCUT2D eigenvalue weighted by molar-refractivity contribution is 7.84. The number of amides is 1. The molecule has 0 aliphatic carbocycles. The molecule has 5 rings (SSSR count). The van der Waals surface area contributed by atoms with Crippen LogP contribution in [0.3, 0.4) is 0 Å². The summed E-state index contributed by atoms with van der Waals surface area (Å²) in [6, 6.07) is 26.0. The lowest BCUT2D eigenvalue weighted by atomic mass is 9.88. The van der Waals surface area contributed by atoms with Gasteiger partial charge in [-0.05, 0) is 109 Å². The van der Waals surface area contributed by atoms with Crippen molar-refractivity contribution in [3.63, 3.8) is 0 Å². The predicted molar refractivity (Wildman–Crippen MR) is 195 cm³/mol. The van der Waals surface area contributed by atoms with E-state index in [9.17, 15) is 14.3 Å². The van der Waals surface area contributed by atoms with Gasteiger partial charge in [0.2, 0.25) is 0 Å². The third kappa shape index (κ3) is 8.27. The van der Waals surface area contributed by atoms with E-state index in [0.717, 1.165) is 65.7 Å². The van der Waals surface area contributed by atoms with Gasteiger partial charge in [0.15, 0.2) is 0 Å². The summed E-state index contributed by atoms with van der Waals surface area (Å²) in [5.41, 5.74) is 4.27. The first-order valence-corrected chi connectivity index (χ1v) is 18.7. The Kier molecular flexibility index (Phi) is 11.8. The largest absolute Gasteiger partial charge is 0.341 e. The van der Waals surface area contributed by atoms with Crippen molar-refractivity contribution in [1.82, 2.24) is 9.80 Å². The van der Waals surface area contributed by atoms with Crippen LogP contribution in [0.25, 0.3) is 10.8 Å². The number of hydrogen-bond acceptors (Lipinski definition) is 4. The van der Waals surface area contributed by atoms with Crippen LogP contribution in [-0.2, 0) is 17.2 Å². The highest BCUT2D eigenvalue weighted by Crippen LogP contribution is 2.34. The van der Waals surface area contributed by atoms with E-state index < -0.39 is 10.8 Å². The van der Waals surface area contributed by atoms with E-state index in [-0.39, 0.29) is 17.7 Å². The van der Waals surface area contributed by atoms with E-state index in [0.29, 0.717) is 40.1 Å². The van der Waals surface area contributed by atoms with E-state index in [1.807, 2.05) is 78.7 Å². The Bertz CT molecular complexity index is 1810. The second-order valence-corrected chi connectivity index (χ2v) is 15.3. The molecule has 0 aromatic heterocycles. The maximum atomic E-state index is 14.4. The molecule has 0 radical (unpaired) electrons. The standard InChI is InChI=1S/C39H43Cl2N3O2S/c1-26(2)21-34-31(24-42)22-29-9-5-6-11-33(29)38(34)39(45)43(3)25-30(28-13-14-35(40)36(41)23-28)17-20-44-18-15-27(16-19-44)32-10-7-8-12-37(32)47(4)46/h5-14,22-23,26-27,30H,15-21,25H2,1-4H3/t30-,47+/m1/s1. The molecular formula is C39H43Cl2N3O2S. The molecule has 1 saturated heterocycles. The van der Waals surface area contributed by atoms with Gasteiger partial charge in [-0.1, -0.05) is 85.6 Å². The molecule has 2 atom stereocenters. The van der Waals surface area contributed by atoms with Gasteiger partial charge in [0.05, 0.1) is 38.0 Å². The summed E-state index contributed by atoms with van der Waals surface area (Å²) in [6.07, 6.45) is 5.28. The quantitative estimate of drug-likeness (QED) is 0.158. The fraction of sp³-hybridized carbons (Fsp3) is 0.385. The molecule has 47 heavy (non-hydrogen) atoms. The average Bonchev–Trinajstić information content (AvgIpc) is 3.07. The molecule has 0 spiro atoms. The second kappa shape index (κ2) is 15.8. The Labute approximate surface area is 291 Å². The van der Waals surface area contributed by atoms with Crippen LogP contribution in [0.4, 0.5) is 0 Å². The molecule has 0 unspecified atom stereocenters. The lowest BCUT2D eigenvalue weighted by Crippen LogP contribution is -2.36. The number of halogens is 2. The lowest BCUT2D eigenvalue weighted by molar-refractivity contribution is 0.0782. The molecule has 4 aromatic rings. The topological polar surface area (TPSA) is 64.4 Å². The number of nitriles is 1. The smallest absolute Gasteiger partial charge is 0.254 e. The molecule has 0 saturated carbocycles. The van der Waals surface area contributed by atoms with Crippen molar-refractivity contribution in [3.8, 4) is 6.07 Å². The minimum atomic E-state index is -1.01. The Balaban J connectivity index is 1.37. The van der Waals surface area contributed by atoms with Gasteiger partial charge in [-0.25, -0.2) is 0 Å². The Morgan fingerprint density at radius 1 is 1.02 bits per heavy atom. The van der Waals surface area contributed by atoms with E-state index in [1.54, 1.807) is 6.26 Å². The van der Waals surface area contributed by atoms with Gasteiger partial charge in [-0.3, -0.25) is 9.00 Å². The van der Waals surface area contributed by atoms with Gasteiger partial charge >= 0.3 is 0 Å². The fourth-order valence-corrected chi connectivity index (χ4v) is 8.12. The van der Waals surface area contributed by atoms with Gasteiger partial charge in [-0.2, -0.15) is 5.26 Å². The van der Waals surface area contributed by atoms with E-state index >= 15 is 0 Å². The molecule has 1 fully saturated rings. The number of carbonyl (C=O) groups excluding carboxylic acids is 1. The van der Waals surface area contributed by atoms with Gasteiger partial charge in [0, 0.05) is 30.7 Å². The molecule has 246 valence electrons. The summed E-state index contributed by atoms with van der Waals surface area (Å²) in [5, 5.41) is 12.9. The molecule has 1 heterocycles. The normalized spacial score (nSPS) is 15.4. The van der Waals surface area contributed by atoms with Gasteiger partial charge in [0.25, 0.3) is 5.91 Å². The van der Waals surface area contributed by atoms with Gasteiger partial charge in [0.1, 0.15) is 0 Å². The van der Waals surface area contributed by atoms with Gasteiger partial charge in [-0.15, -0.1) is 0 Å². The monoisotopic (exact) mass is 687 g/mol. The lowest BCUT2D eigenvalue weighted by Gasteiger charge is -2.34. The van der Waals surface area contributed by atoms with Crippen LogP contribution < -0.4 is 0 Å². The first kappa shape index (κ1) is 35.1. The highest BCUT2D eigenvalue weighted by Gasteiger charge is 2.27. The number of rotatable bonds is 11. The number of benzene rings is 4. The number of hydrogen-bond donors (Lipinski definition) is 0. The molecular weight excluding hydrogens is 645 g/mol. The third-order valence-electron chi connectivity index (χ3n) is 9.41. The van der Waals surface area contributed by atoms with Gasteiger partial charge < -0.3 is 9.80 Å². The van der Waals surface area contributed by atoms with Crippen LogP contribution in [0.2, 0.25) is 10.0 Å². The molecule has 0 bridgehead atoms. The molecule has 4 aromatic carbocycles. The maximum Gasteiger partial charge on any atom is 0.254 e. The van der Waals surface area contributed by atoms with Crippen molar-refractivity contribution >= 4 is 50.7 Å². The highest BCUT2D eigenvalue weighted by atomic mass is 35.5. The van der Waals surface area contributed by atoms with Crippen molar-refractivity contribution in [2.75, 3.05) is 39.5 Å². The fourth-order valence-electron chi connectivity index (χ4n) is 6.97. The van der Waals surface area contributed by atoms with Crippen LogP contribution in [-0.4, -0.2) is 59.4 Å². The van der Waals surface area contributed by atoms with Crippen molar-refractivity contribution < 1.29 is 9.00 Å². The summed E-state index contributed by atoms with van der Waals surface area (Å²) in [5.74, 6) is 0.635. The predicted octanol–water partition coefficient (Wildman–Crippen LogP) is 9.08. The zero-order chi connectivity index (χ0) is 33.7. The number of nitrogens with zero attached hydrogens (tertiary/aromatic N) is 3. The van der Waals surface area contributed by atoms with Crippen molar-refractivity contribution in [2.45, 2.75) is 56.3 Å². The van der Waals surface area contributed by atoms with Crippen LogP contribution in [0.1, 0.15) is 77.6 Å². The van der Waals surface area contributed by atoms with Crippen LogP contribution in [0.15, 0.2) is 77.7 Å². The van der Waals surface area contributed by atoms with Crippen LogP contribution in [0, 0.1) is 17.2 Å². The molecule has 5 nitrogen and oxygen atoms in total. The molecule has 0 N–H and O–H groups in total. The zero-order valence-corrected chi connectivity index (χ0v) is 30.0.